The summed E-state index contributed by atoms with van der Waals surface area (Å²) in [5.41, 5.74) is 9.27. The summed E-state index contributed by atoms with van der Waals surface area (Å²) in [6, 6.07) is 26.8. The Morgan fingerprint density at radius 3 is 2.19 bits per heavy atom. The van der Waals surface area contributed by atoms with E-state index in [2.05, 4.69) is 36.2 Å². The normalized spacial score (nSPS) is 17.7. The number of nitrogens with one attached hydrogen (secondary N) is 1. The fourth-order valence-electron chi connectivity index (χ4n) is 5.18. The number of rotatable bonds is 5. The zero-order valence-electron chi connectivity index (χ0n) is 20.2. The van der Waals surface area contributed by atoms with Gasteiger partial charge in [0.25, 0.3) is 0 Å². The van der Waals surface area contributed by atoms with Gasteiger partial charge in [-0.2, -0.15) is 0 Å². The lowest BCUT2D eigenvalue weighted by Gasteiger charge is -2.36. The fraction of sp³-hybridized carbons (Fsp3) is 0.241. The molecular formula is C29H31N5O2. The van der Waals surface area contributed by atoms with Crippen molar-refractivity contribution >= 4 is 17.7 Å². The Balaban J connectivity index is 1.27. The Hall–Kier alpha value is -4.26. The van der Waals surface area contributed by atoms with E-state index >= 15 is 0 Å². The monoisotopic (exact) mass is 481 g/mol. The van der Waals surface area contributed by atoms with Crippen LogP contribution in [0.2, 0.25) is 0 Å². The van der Waals surface area contributed by atoms with Gasteiger partial charge in [-0.25, -0.2) is 9.79 Å². The van der Waals surface area contributed by atoms with Crippen LogP contribution in [0, 0.1) is 5.92 Å². The molecule has 4 N–H and O–H groups in total. The maximum Gasteiger partial charge on any atom is 0.321 e. The third kappa shape index (κ3) is 4.40. The second-order valence-corrected chi connectivity index (χ2v) is 9.38. The Labute approximate surface area is 211 Å². The number of urea groups is 1. The molecule has 2 heterocycles. The van der Waals surface area contributed by atoms with Gasteiger partial charge >= 0.3 is 6.03 Å². The number of likely N-dealkylation sites (tertiary alicyclic amines) is 1. The van der Waals surface area contributed by atoms with Gasteiger partial charge in [0.1, 0.15) is 5.75 Å². The lowest BCUT2D eigenvalue weighted by molar-refractivity contribution is 0.175. The first-order chi connectivity index (χ1) is 17.5. The van der Waals surface area contributed by atoms with Gasteiger partial charge in [-0.1, -0.05) is 73.3 Å². The van der Waals surface area contributed by atoms with E-state index in [9.17, 15) is 9.90 Å². The SMILES string of the molecule is C=C1N(CC2CCN(C(=O)Nc3cccc(O)c3)CC2)C(N)=NC1(c1ccccc1)c1ccccc1. The number of piperidine rings is 1. The first-order valence-electron chi connectivity index (χ1n) is 12.3. The summed E-state index contributed by atoms with van der Waals surface area (Å²) in [5, 5.41) is 12.5. The van der Waals surface area contributed by atoms with Crippen LogP contribution in [0.4, 0.5) is 10.5 Å². The lowest BCUT2D eigenvalue weighted by Crippen LogP contribution is -2.45. The minimum atomic E-state index is -0.756. The Kier molecular flexibility index (Phi) is 6.38. The number of hydrogen-bond donors (Lipinski definition) is 3. The molecule has 7 nitrogen and oxygen atoms in total. The van der Waals surface area contributed by atoms with Crippen LogP contribution in [0.15, 0.2) is 102 Å². The summed E-state index contributed by atoms with van der Waals surface area (Å²) in [4.78, 5) is 21.6. The topological polar surface area (TPSA) is 94.2 Å². The van der Waals surface area contributed by atoms with Crippen LogP contribution >= 0.6 is 0 Å². The van der Waals surface area contributed by atoms with Crippen molar-refractivity contribution in [3.8, 4) is 5.75 Å². The second-order valence-electron chi connectivity index (χ2n) is 9.38. The van der Waals surface area contributed by atoms with E-state index in [4.69, 9.17) is 10.7 Å². The number of phenols is 1. The maximum atomic E-state index is 12.7. The van der Waals surface area contributed by atoms with E-state index in [1.54, 1.807) is 18.2 Å². The molecule has 5 rings (SSSR count). The molecule has 0 atom stereocenters. The largest absolute Gasteiger partial charge is 0.508 e. The standard InChI is InChI=1S/C29H31N5O2/c1-21-29(23-9-4-2-5-10-23,24-11-6-3-7-12-24)32-27(30)34(21)20-22-15-17-33(18-16-22)28(36)31-25-13-8-14-26(35)19-25/h2-14,19,22,35H,1,15-18,20H2,(H2,30,32)(H,31,36). The van der Waals surface area contributed by atoms with Gasteiger partial charge in [0.2, 0.25) is 0 Å². The Bertz CT molecular complexity index is 1230. The van der Waals surface area contributed by atoms with Gasteiger partial charge in [-0.05, 0) is 42.0 Å². The zero-order valence-corrected chi connectivity index (χ0v) is 20.2. The number of benzene rings is 3. The van der Waals surface area contributed by atoms with Crippen molar-refractivity contribution in [2.75, 3.05) is 25.0 Å². The molecule has 2 aliphatic rings. The predicted molar refractivity (Wildman–Crippen MR) is 143 cm³/mol. The summed E-state index contributed by atoms with van der Waals surface area (Å²) in [5.74, 6) is 0.943. The maximum absolute atomic E-state index is 12.7. The number of guanidine groups is 1. The van der Waals surface area contributed by atoms with Crippen molar-refractivity contribution in [1.82, 2.24) is 9.80 Å². The molecule has 184 valence electrons. The molecule has 0 spiro atoms. The molecule has 36 heavy (non-hydrogen) atoms. The van der Waals surface area contributed by atoms with Crippen molar-refractivity contribution in [3.63, 3.8) is 0 Å². The molecule has 2 amide bonds. The van der Waals surface area contributed by atoms with E-state index in [-0.39, 0.29) is 11.8 Å². The molecule has 7 heteroatoms. The number of amides is 2. The third-order valence-electron chi connectivity index (χ3n) is 7.13. The lowest BCUT2D eigenvalue weighted by atomic mass is 9.81. The summed E-state index contributed by atoms with van der Waals surface area (Å²) in [6.07, 6.45) is 1.71. The first kappa shape index (κ1) is 23.5. The van der Waals surface area contributed by atoms with Gasteiger partial charge in [0, 0.05) is 31.4 Å². The molecule has 0 aromatic heterocycles. The van der Waals surface area contributed by atoms with Crippen LogP contribution in [0.3, 0.4) is 0 Å². The van der Waals surface area contributed by atoms with Gasteiger partial charge in [0.15, 0.2) is 11.5 Å². The van der Waals surface area contributed by atoms with Crippen LogP contribution in [-0.4, -0.2) is 46.5 Å². The third-order valence-corrected chi connectivity index (χ3v) is 7.13. The average molecular weight is 482 g/mol. The highest BCUT2D eigenvalue weighted by Gasteiger charge is 2.46. The first-order valence-corrected chi connectivity index (χ1v) is 12.3. The molecule has 1 saturated heterocycles. The second kappa shape index (κ2) is 9.77. The molecule has 1 fully saturated rings. The van der Waals surface area contributed by atoms with Gasteiger partial charge in [0.05, 0.1) is 5.70 Å². The predicted octanol–water partition coefficient (Wildman–Crippen LogP) is 4.72. The van der Waals surface area contributed by atoms with E-state index < -0.39 is 5.54 Å². The summed E-state index contributed by atoms with van der Waals surface area (Å²) in [6.45, 7) is 6.49. The zero-order chi connectivity index (χ0) is 25.1. The highest BCUT2D eigenvalue weighted by molar-refractivity contribution is 5.89. The molecular weight excluding hydrogens is 450 g/mol. The average Bonchev–Trinajstić information content (AvgIpc) is 3.16. The van der Waals surface area contributed by atoms with E-state index in [0.29, 0.717) is 37.2 Å². The Morgan fingerprint density at radius 2 is 1.61 bits per heavy atom. The van der Waals surface area contributed by atoms with Crippen molar-refractivity contribution in [3.05, 3.63) is 108 Å². The van der Waals surface area contributed by atoms with Gasteiger partial charge in [-0.15, -0.1) is 0 Å². The van der Waals surface area contributed by atoms with Crippen LogP contribution in [0.1, 0.15) is 24.0 Å². The minimum absolute atomic E-state index is 0.124. The number of carbonyl (C=O) groups excluding carboxylic acids is 1. The van der Waals surface area contributed by atoms with Crippen LogP contribution in [0.25, 0.3) is 0 Å². The number of carbonyl (C=O) groups is 1. The summed E-state index contributed by atoms with van der Waals surface area (Å²) in [7, 11) is 0. The molecule has 0 saturated carbocycles. The van der Waals surface area contributed by atoms with E-state index in [0.717, 1.165) is 29.7 Å². The number of nitrogens with two attached hydrogens (primary N) is 1. The van der Waals surface area contributed by atoms with Crippen LogP contribution in [-0.2, 0) is 5.54 Å². The molecule has 0 radical (unpaired) electrons. The van der Waals surface area contributed by atoms with Crippen molar-refractivity contribution in [1.29, 1.82) is 0 Å². The van der Waals surface area contributed by atoms with Gasteiger partial charge < -0.3 is 26.0 Å². The number of anilines is 1. The molecule has 3 aromatic carbocycles. The number of aliphatic imine (C=N–C) groups is 1. The molecule has 0 bridgehead atoms. The van der Waals surface area contributed by atoms with Crippen molar-refractivity contribution in [2.24, 2.45) is 16.6 Å². The number of aromatic hydroxyl groups is 1. The van der Waals surface area contributed by atoms with Crippen LogP contribution < -0.4 is 11.1 Å². The smallest absolute Gasteiger partial charge is 0.321 e. The quantitative estimate of drug-likeness (QED) is 0.491. The molecule has 0 unspecified atom stereocenters. The highest BCUT2D eigenvalue weighted by Crippen LogP contribution is 2.45. The Morgan fingerprint density at radius 1 is 1.00 bits per heavy atom. The number of nitrogens with zero attached hydrogens (tertiary/aromatic N) is 3. The van der Waals surface area contributed by atoms with E-state index in [1.165, 1.54) is 6.07 Å². The molecule has 0 aliphatic carbocycles. The number of phenolic OH excluding ortho intramolecular Hbond substituents is 1. The summed E-state index contributed by atoms with van der Waals surface area (Å²) < 4.78 is 0. The van der Waals surface area contributed by atoms with Crippen LogP contribution in [0.5, 0.6) is 5.75 Å². The van der Waals surface area contributed by atoms with Crippen molar-refractivity contribution < 1.29 is 9.90 Å². The summed E-state index contributed by atoms with van der Waals surface area (Å²) >= 11 is 0. The minimum Gasteiger partial charge on any atom is -0.508 e. The van der Waals surface area contributed by atoms with E-state index in [1.807, 2.05) is 46.2 Å². The fourth-order valence-corrected chi connectivity index (χ4v) is 5.18. The highest BCUT2D eigenvalue weighted by atomic mass is 16.3. The molecule has 3 aromatic rings. The molecule has 2 aliphatic heterocycles. The number of hydrogen-bond acceptors (Lipinski definition) is 5. The van der Waals surface area contributed by atoms with Gasteiger partial charge in [-0.3, -0.25) is 0 Å². The van der Waals surface area contributed by atoms with Crippen molar-refractivity contribution in [2.45, 2.75) is 18.4 Å².